The van der Waals surface area contributed by atoms with Crippen molar-refractivity contribution in [1.82, 2.24) is 9.80 Å². The van der Waals surface area contributed by atoms with Gasteiger partial charge in [-0.1, -0.05) is 27.5 Å². The molecule has 1 N–H and O–H groups in total. The topological polar surface area (TPSA) is 60.9 Å². The van der Waals surface area contributed by atoms with Gasteiger partial charge in [-0.2, -0.15) is 0 Å². The van der Waals surface area contributed by atoms with Gasteiger partial charge in [0.1, 0.15) is 0 Å². The number of amides is 1. The van der Waals surface area contributed by atoms with E-state index in [-0.39, 0.29) is 12.5 Å². The second-order valence-electron chi connectivity index (χ2n) is 4.59. The molecule has 5 nitrogen and oxygen atoms in total. The highest BCUT2D eigenvalue weighted by atomic mass is 79.9. The minimum absolute atomic E-state index is 0.0150. The zero-order valence-corrected chi connectivity index (χ0v) is 13.0. The molecule has 1 fully saturated rings. The van der Waals surface area contributed by atoms with Crippen LogP contribution in [-0.2, 0) is 4.79 Å². The lowest BCUT2D eigenvalue weighted by Crippen LogP contribution is -2.49. The zero-order valence-electron chi connectivity index (χ0n) is 10.7. The third-order valence-electron chi connectivity index (χ3n) is 3.18. The van der Waals surface area contributed by atoms with Crippen LogP contribution >= 0.6 is 27.5 Å². The number of nitrogens with zero attached hydrogens (tertiary/aromatic N) is 2. The molecule has 7 heteroatoms. The van der Waals surface area contributed by atoms with Gasteiger partial charge < -0.3 is 10.0 Å². The van der Waals surface area contributed by atoms with Gasteiger partial charge in [-0.15, -0.1) is 0 Å². The predicted molar refractivity (Wildman–Crippen MR) is 79.1 cm³/mol. The minimum atomic E-state index is -0.847. The van der Waals surface area contributed by atoms with Crippen molar-refractivity contribution in [3.63, 3.8) is 0 Å². The number of hydrogen-bond donors (Lipinski definition) is 1. The molecular weight excluding hydrogens is 348 g/mol. The lowest BCUT2D eigenvalue weighted by Gasteiger charge is -2.34. The van der Waals surface area contributed by atoms with Crippen molar-refractivity contribution in [2.45, 2.75) is 0 Å². The van der Waals surface area contributed by atoms with Gasteiger partial charge in [0.25, 0.3) is 5.91 Å². The van der Waals surface area contributed by atoms with E-state index in [1.165, 1.54) is 0 Å². The number of benzene rings is 1. The summed E-state index contributed by atoms with van der Waals surface area (Å²) in [5.41, 5.74) is 0.474. The van der Waals surface area contributed by atoms with Gasteiger partial charge in [-0.3, -0.25) is 14.5 Å². The molecule has 1 saturated heterocycles. The van der Waals surface area contributed by atoms with Crippen LogP contribution in [0, 0.1) is 0 Å². The Kier molecular flexibility index (Phi) is 5.01. The summed E-state index contributed by atoms with van der Waals surface area (Å²) in [6.45, 7) is 2.16. The van der Waals surface area contributed by atoms with Gasteiger partial charge in [0.15, 0.2) is 0 Å². The van der Waals surface area contributed by atoms with E-state index in [1.54, 1.807) is 23.1 Å². The minimum Gasteiger partial charge on any atom is -0.480 e. The van der Waals surface area contributed by atoms with E-state index in [9.17, 15) is 9.59 Å². The summed E-state index contributed by atoms with van der Waals surface area (Å²) in [5, 5.41) is 9.15. The number of rotatable bonds is 3. The van der Waals surface area contributed by atoms with E-state index < -0.39 is 5.97 Å². The van der Waals surface area contributed by atoms with Crippen LogP contribution in [0.5, 0.6) is 0 Å². The summed E-state index contributed by atoms with van der Waals surface area (Å²) in [5.74, 6) is -0.960. The van der Waals surface area contributed by atoms with Crippen LogP contribution in [0.2, 0.25) is 5.02 Å². The Morgan fingerprint density at radius 3 is 2.45 bits per heavy atom. The Bertz CT molecular complexity index is 530. The Morgan fingerprint density at radius 2 is 1.90 bits per heavy atom. The average Bonchev–Trinajstić information content (AvgIpc) is 2.38. The van der Waals surface area contributed by atoms with Gasteiger partial charge in [0.05, 0.1) is 17.1 Å². The number of piperazine rings is 1. The van der Waals surface area contributed by atoms with Crippen LogP contribution in [0.15, 0.2) is 22.7 Å². The summed E-state index contributed by atoms with van der Waals surface area (Å²) in [7, 11) is 0. The number of aliphatic carboxylic acids is 1. The molecule has 0 aromatic heterocycles. The van der Waals surface area contributed by atoms with Gasteiger partial charge >= 0.3 is 5.97 Å². The molecule has 0 radical (unpaired) electrons. The number of carbonyl (C=O) groups is 2. The van der Waals surface area contributed by atoms with Crippen LogP contribution in [0.4, 0.5) is 0 Å². The van der Waals surface area contributed by atoms with E-state index in [1.807, 2.05) is 4.90 Å². The molecule has 1 heterocycles. The Balaban J connectivity index is 1.99. The molecule has 1 aromatic carbocycles. The molecule has 1 aliphatic rings. The van der Waals surface area contributed by atoms with E-state index in [4.69, 9.17) is 16.7 Å². The van der Waals surface area contributed by atoms with Gasteiger partial charge in [0, 0.05) is 30.7 Å². The monoisotopic (exact) mass is 360 g/mol. The van der Waals surface area contributed by atoms with Crippen LogP contribution < -0.4 is 0 Å². The molecule has 0 atom stereocenters. The van der Waals surface area contributed by atoms with Crippen molar-refractivity contribution >= 4 is 39.4 Å². The second kappa shape index (κ2) is 6.56. The van der Waals surface area contributed by atoms with Crippen molar-refractivity contribution in [2.24, 2.45) is 0 Å². The third kappa shape index (κ3) is 3.71. The van der Waals surface area contributed by atoms with Crippen molar-refractivity contribution < 1.29 is 14.7 Å². The molecule has 108 valence electrons. The fourth-order valence-corrected chi connectivity index (χ4v) is 2.89. The van der Waals surface area contributed by atoms with Crippen molar-refractivity contribution in [2.75, 3.05) is 32.7 Å². The lowest BCUT2D eigenvalue weighted by molar-refractivity contribution is -0.138. The highest BCUT2D eigenvalue weighted by molar-refractivity contribution is 9.10. The number of carbonyl (C=O) groups excluding carboxylic acids is 1. The SMILES string of the molecule is O=C(O)CN1CCN(C(=O)c2ccc(Br)cc2Cl)CC1. The molecule has 1 amide bonds. The maximum absolute atomic E-state index is 12.4. The molecule has 0 saturated carbocycles. The van der Waals surface area contributed by atoms with Crippen LogP contribution in [-0.4, -0.2) is 59.5 Å². The largest absolute Gasteiger partial charge is 0.480 e. The predicted octanol–water partition coefficient (Wildman–Crippen LogP) is 1.94. The van der Waals surface area contributed by atoms with E-state index in [0.29, 0.717) is 36.8 Å². The van der Waals surface area contributed by atoms with Crippen molar-refractivity contribution in [3.8, 4) is 0 Å². The fourth-order valence-electron chi connectivity index (χ4n) is 2.13. The quantitative estimate of drug-likeness (QED) is 0.894. The Morgan fingerprint density at radius 1 is 1.25 bits per heavy atom. The summed E-state index contributed by atoms with van der Waals surface area (Å²) in [4.78, 5) is 26.5. The summed E-state index contributed by atoms with van der Waals surface area (Å²) in [6, 6.07) is 5.16. The van der Waals surface area contributed by atoms with Crippen molar-refractivity contribution in [1.29, 1.82) is 0 Å². The van der Waals surface area contributed by atoms with Gasteiger partial charge in [0.2, 0.25) is 0 Å². The number of halogens is 2. The first-order chi connectivity index (χ1) is 9.47. The average molecular weight is 362 g/mol. The number of carboxylic acids is 1. The third-order valence-corrected chi connectivity index (χ3v) is 3.99. The summed E-state index contributed by atoms with van der Waals surface area (Å²) in [6.07, 6.45) is 0. The molecule has 0 bridgehead atoms. The first kappa shape index (κ1) is 15.3. The molecule has 1 aromatic rings. The maximum Gasteiger partial charge on any atom is 0.317 e. The maximum atomic E-state index is 12.4. The highest BCUT2D eigenvalue weighted by Gasteiger charge is 2.24. The molecule has 1 aliphatic heterocycles. The summed E-state index contributed by atoms with van der Waals surface area (Å²) < 4.78 is 0.824. The Hall–Kier alpha value is -1.11. The fraction of sp³-hybridized carbons (Fsp3) is 0.385. The Labute approximate surface area is 130 Å². The van der Waals surface area contributed by atoms with E-state index in [0.717, 1.165) is 4.47 Å². The van der Waals surface area contributed by atoms with Crippen LogP contribution in [0.3, 0.4) is 0 Å². The zero-order chi connectivity index (χ0) is 14.7. The van der Waals surface area contributed by atoms with Gasteiger partial charge in [-0.05, 0) is 18.2 Å². The highest BCUT2D eigenvalue weighted by Crippen LogP contribution is 2.23. The van der Waals surface area contributed by atoms with Crippen molar-refractivity contribution in [3.05, 3.63) is 33.3 Å². The smallest absolute Gasteiger partial charge is 0.317 e. The molecule has 0 aliphatic carbocycles. The molecular formula is C13H14BrClN2O3. The van der Waals surface area contributed by atoms with E-state index >= 15 is 0 Å². The second-order valence-corrected chi connectivity index (χ2v) is 5.91. The van der Waals surface area contributed by atoms with Crippen LogP contribution in [0.1, 0.15) is 10.4 Å². The number of hydrogen-bond acceptors (Lipinski definition) is 3. The van der Waals surface area contributed by atoms with E-state index in [2.05, 4.69) is 15.9 Å². The molecule has 2 rings (SSSR count). The molecule has 0 unspecified atom stereocenters. The normalized spacial score (nSPS) is 16.2. The standard InChI is InChI=1S/C13H14BrClN2O3/c14-9-1-2-10(11(15)7-9)13(20)17-5-3-16(4-6-17)8-12(18)19/h1-2,7H,3-6,8H2,(H,18,19). The first-order valence-corrected chi connectivity index (χ1v) is 7.33. The first-order valence-electron chi connectivity index (χ1n) is 6.16. The lowest BCUT2D eigenvalue weighted by atomic mass is 10.2. The summed E-state index contributed by atoms with van der Waals surface area (Å²) >= 11 is 9.38. The van der Waals surface area contributed by atoms with Crippen LogP contribution in [0.25, 0.3) is 0 Å². The molecule has 0 spiro atoms. The number of carboxylic acid groups (broad SMARTS) is 1. The molecule has 20 heavy (non-hydrogen) atoms. The van der Waals surface area contributed by atoms with Gasteiger partial charge in [-0.25, -0.2) is 0 Å².